The van der Waals surface area contributed by atoms with Crippen LogP contribution in [0.4, 0.5) is 4.79 Å². The van der Waals surface area contributed by atoms with Crippen molar-refractivity contribution in [3.05, 3.63) is 0 Å². The van der Waals surface area contributed by atoms with Gasteiger partial charge in [0.05, 0.1) is 0 Å². The molecule has 0 fully saturated rings. The van der Waals surface area contributed by atoms with Gasteiger partial charge in [-0.1, -0.05) is 0 Å². The largest absolute Gasteiger partial charge is 2.00 e. The van der Waals surface area contributed by atoms with Crippen LogP contribution in [-0.2, 0) is 0 Å². The third kappa shape index (κ3) is 57.0. The Kier molecular flexibility index (Phi) is 51.2. The Labute approximate surface area is 127 Å². The van der Waals surface area contributed by atoms with Crippen LogP contribution in [0.1, 0.15) is 5.71 Å². The van der Waals surface area contributed by atoms with Gasteiger partial charge in [0.25, 0.3) is 0 Å². The number of hydrogen-bond donors (Lipinski definition) is 2. The topological polar surface area (TPSA) is 57.5 Å². The number of carboxylic acid groups (broad SMARTS) is 2. The molecule has 7 heavy (non-hydrogen) atoms. The van der Waals surface area contributed by atoms with Crippen LogP contribution in [0.3, 0.4) is 0 Å². The zero-order valence-electron chi connectivity index (χ0n) is 7.63. The number of rotatable bonds is 0. The summed E-state index contributed by atoms with van der Waals surface area (Å²) in [6.07, 6.45) is -1.83. The van der Waals surface area contributed by atoms with Gasteiger partial charge in [-0.2, -0.15) is 0 Å². The standard InChI is InChI=1S/CH2O3.ClH.2Sr.4H/c2-1(3)4;;;;;;;/h(H2,2,3,4);1H;;;;;;/q;;2*+2;4*-1. The van der Waals surface area contributed by atoms with Crippen LogP contribution in [0.15, 0.2) is 0 Å². The molecule has 40 valence electrons. The Morgan fingerprint density at radius 1 is 1.29 bits per heavy atom. The molecule has 0 saturated heterocycles. The van der Waals surface area contributed by atoms with Crippen molar-refractivity contribution in [2.45, 2.75) is 0 Å². The Morgan fingerprint density at radius 3 is 1.29 bits per heavy atom. The van der Waals surface area contributed by atoms with Crippen molar-refractivity contribution in [1.82, 2.24) is 0 Å². The predicted molar refractivity (Wildman–Crippen MR) is 33.9 cm³/mol. The van der Waals surface area contributed by atoms with Crippen molar-refractivity contribution in [2.75, 3.05) is 0 Å². The second-order valence-corrected chi connectivity index (χ2v) is 0.283. The van der Waals surface area contributed by atoms with E-state index < -0.39 is 6.16 Å². The van der Waals surface area contributed by atoms with E-state index in [0.717, 1.165) is 0 Å². The maximum Gasteiger partial charge on any atom is 2.00 e. The fraction of sp³-hybridized carbons (Fsp3) is 0. The van der Waals surface area contributed by atoms with Crippen LogP contribution >= 0.6 is 12.4 Å². The van der Waals surface area contributed by atoms with Crippen LogP contribution in [-0.4, -0.2) is 107 Å². The fourth-order valence-corrected chi connectivity index (χ4v) is 0. The zero-order chi connectivity index (χ0) is 3.58. The minimum Gasteiger partial charge on any atom is -1.00 e. The Bertz CT molecular complexity index is 46.3. The molecule has 0 saturated carbocycles. The molecule has 0 heterocycles. The van der Waals surface area contributed by atoms with Crippen molar-refractivity contribution in [3.8, 4) is 0 Å². The molecule has 0 amide bonds. The first-order valence-corrected chi connectivity index (χ1v) is 0.651. The smallest absolute Gasteiger partial charge is 1.00 e. The van der Waals surface area contributed by atoms with Crippen LogP contribution in [0.2, 0.25) is 0 Å². The molecule has 0 radical (unpaired) electrons. The molecule has 0 aliphatic rings. The van der Waals surface area contributed by atoms with Crippen molar-refractivity contribution in [3.63, 3.8) is 0 Å². The van der Waals surface area contributed by atoms with Crippen LogP contribution < -0.4 is 0 Å². The monoisotopic (exact) mass is 278 g/mol. The molecule has 3 nitrogen and oxygen atoms in total. The van der Waals surface area contributed by atoms with E-state index in [1.165, 1.54) is 0 Å². The van der Waals surface area contributed by atoms with E-state index in [4.69, 9.17) is 15.0 Å². The van der Waals surface area contributed by atoms with E-state index in [2.05, 4.69) is 0 Å². The molecule has 0 atom stereocenters. The Hall–Kier alpha value is 2.52. The zero-order valence-corrected chi connectivity index (χ0v) is 11.4. The summed E-state index contributed by atoms with van der Waals surface area (Å²) < 4.78 is 0. The summed E-state index contributed by atoms with van der Waals surface area (Å²) in [5, 5.41) is 13.9. The Morgan fingerprint density at radius 2 is 1.29 bits per heavy atom. The molecular weight excluding hydrogens is 271 g/mol. The summed E-state index contributed by atoms with van der Waals surface area (Å²) in [6.45, 7) is 0. The molecule has 0 spiro atoms. The van der Waals surface area contributed by atoms with Gasteiger partial charge in [-0.15, -0.1) is 12.4 Å². The second kappa shape index (κ2) is 15.8. The summed E-state index contributed by atoms with van der Waals surface area (Å²) in [5.41, 5.74) is 0. The molecule has 2 N–H and O–H groups in total. The molecule has 0 aliphatic heterocycles. The van der Waals surface area contributed by atoms with Gasteiger partial charge in [0, 0.05) is 0 Å². The quantitative estimate of drug-likeness (QED) is 0.628. The third-order valence-corrected chi connectivity index (χ3v) is 0. The molecular formula is CH7ClO3Sr2. The van der Waals surface area contributed by atoms with Crippen LogP contribution in [0.25, 0.3) is 0 Å². The number of hydrogen-bond acceptors (Lipinski definition) is 1. The van der Waals surface area contributed by atoms with Gasteiger partial charge >= 0.3 is 97.1 Å². The van der Waals surface area contributed by atoms with Crippen LogP contribution in [0, 0.1) is 0 Å². The maximum absolute atomic E-state index is 8.56. The predicted octanol–water partition coefficient (Wildman–Crippen LogP) is 0.333. The summed E-state index contributed by atoms with van der Waals surface area (Å²) in [4.78, 5) is 8.56. The van der Waals surface area contributed by atoms with E-state index in [9.17, 15) is 0 Å². The second-order valence-electron chi connectivity index (χ2n) is 0.283. The van der Waals surface area contributed by atoms with Gasteiger partial charge in [0.15, 0.2) is 0 Å². The fourth-order valence-electron chi connectivity index (χ4n) is 0. The average Bonchev–Trinajstić information content (AvgIpc) is 0.811. The van der Waals surface area contributed by atoms with Gasteiger partial charge in [0.2, 0.25) is 0 Å². The van der Waals surface area contributed by atoms with E-state index in [1.807, 2.05) is 0 Å². The average molecular weight is 278 g/mol. The molecule has 0 aliphatic carbocycles. The van der Waals surface area contributed by atoms with E-state index in [-0.39, 0.29) is 109 Å². The first-order chi connectivity index (χ1) is 1.73. The molecule has 0 bridgehead atoms. The molecule has 0 aromatic heterocycles. The van der Waals surface area contributed by atoms with Crippen molar-refractivity contribution in [1.29, 1.82) is 0 Å². The van der Waals surface area contributed by atoms with Crippen molar-refractivity contribution >= 4 is 110 Å². The summed E-state index contributed by atoms with van der Waals surface area (Å²) in [6, 6.07) is 0. The minimum absolute atomic E-state index is 0. The normalized spacial score (nSPS) is 3.43. The van der Waals surface area contributed by atoms with E-state index in [0.29, 0.717) is 0 Å². The maximum atomic E-state index is 8.56. The summed E-state index contributed by atoms with van der Waals surface area (Å²) in [5.74, 6) is 0. The first kappa shape index (κ1) is 22.7. The van der Waals surface area contributed by atoms with Gasteiger partial charge in [-0.3, -0.25) is 0 Å². The van der Waals surface area contributed by atoms with Gasteiger partial charge < -0.3 is 15.9 Å². The molecule has 0 aromatic rings. The number of carbonyl (C=O) groups is 1. The Balaban J connectivity index is -0.00000000214. The summed E-state index contributed by atoms with van der Waals surface area (Å²) in [7, 11) is 0. The van der Waals surface area contributed by atoms with Gasteiger partial charge in [-0.05, 0) is 0 Å². The molecule has 0 rings (SSSR count). The number of halogens is 1. The molecule has 0 aromatic carbocycles. The molecule has 0 unspecified atom stereocenters. The van der Waals surface area contributed by atoms with Gasteiger partial charge in [0.1, 0.15) is 0 Å². The first-order valence-electron chi connectivity index (χ1n) is 0.651. The SMILES string of the molecule is Cl.O=C(O)O.[H-].[H-].[H-].[H-].[Sr+2].[Sr+2]. The summed E-state index contributed by atoms with van der Waals surface area (Å²) >= 11 is 0. The molecule has 6 heteroatoms. The van der Waals surface area contributed by atoms with Crippen molar-refractivity contribution in [2.24, 2.45) is 0 Å². The third-order valence-electron chi connectivity index (χ3n) is 0. The van der Waals surface area contributed by atoms with Gasteiger partial charge in [-0.25, -0.2) is 4.79 Å². The van der Waals surface area contributed by atoms with E-state index in [1.54, 1.807) is 0 Å². The van der Waals surface area contributed by atoms with E-state index >= 15 is 0 Å². The van der Waals surface area contributed by atoms with Crippen LogP contribution in [0.5, 0.6) is 0 Å². The minimum atomic E-state index is -1.83. The van der Waals surface area contributed by atoms with Crippen molar-refractivity contribution < 1.29 is 20.7 Å².